The molecule has 0 aromatic heterocycles. The van der Waals surface area contributed by atoms with Crippen molar-refractivity contribution in [2.45, 2.75) is 0 Å². The van der Waals surface area contributed by atoms with Gasteiger partial charge in [0.2, 0.25) is 0 Å². The zero-order valence-electron chi connectivity index (χ0n) is 13.8. The van der Waals surface area contributed by atoms with Crippen molar-refractivity contribution in [2.75, 3.05) is 31.1 Å². The Hall–Kier alpha value is -3.11. The monoisotopic (exact) mass is 370 g/mol. The number of halogens is 1. The number of rotatable bonds is 3. The van der Waals surface area contributed by atoms with Gasteiger partial charge in [0.05, 0.1) is 16.6 Å². The number of anilines is 1. The number of carbonyl (C=O) groups is 1. The van der Waals surface area contributed by atoms with Crippen LogP contribution in [0.2, 0.25) is 5.02 Å². The zero-order chi connectivity index (χ0) is 18.7. The molecule has 1 aliphatic rings. The van der Waals surface area contributed by atoms with Crippen LogP contribution in [0.3, 0.4) is 0 Å². The molecular weight excluding hydrogens is 356 g/mol. The maximum atomic E-state index is 12.6. The molecule has 2 aromatic carbocycles. The number of hydrogen-bond acceptors (Lipinski definition) is 5. The van der Waals surface area contributed by atoms with Crippen molar-refractivity contribution in [3.05, 3.63) is 68.7 Å². The van der Waals surface area contributed by atoms with Crippen LogP contribution in [0.5, 0.6) is 0 Å². The van der Waals surface area contributed by atoms with Gasteiger partial charge in [-0.15, -0.1) is 0 Å². The van der Waals surface area contributed by atoms with Gasteiger partial charge in [0.25, 0.3) is 11.6 Å². The Balaban J connectivity index is 1.73. The third kappa shape index (κ3) is 3.60. The second-order valence-corrected chi connectivity index (χ2v) is 6.30. The maximum Gasteiger partial charge on any atom is 0.294 e. The maximum absolute atomic E-state index is 12.6. The first kappa shape index (κ1) is 17.7. The predicted molar refractivity (Wildman–Crippen MR) is 97.4 cm³/mol. The second kappa shape index (κ2) is 7.42. The third-order valence-electron chi connectivity index (χ3n) is 4.28. The lowest BCUT2D eigenvalue weighted by molar-refractivity contribution is -0.384. The smallest absolute Gasteiger partial charge is 0.294 e. The van der Waals surface area contributed by atoms with Gasteiger partial charge in [-0.05, 0) is 30.3 Å². The molecule has 0 atom stereocenters. The largest absolute Gasteiger partial charge is 0.362 e. The van der Waals surface area contributed by atoms with Gasteiger partial charge in [-0.1, -0.05) is 17.7 Å². The number of benzene rings is 2. The molecule has 1 amide bonds. The number of piperazine rings is 1. The molecule has 3 rings (SSSR count). The minimum Gasteiger partial charge on any atom is -0.362 e. The van der Waals surface area contributed by atoms with Gasteiger partial charge in [0.15, 0.2) is 0 Å². The van der Waals surface area contributed by atoms with Crippen molar-refractivity contribution >= 4 is 28.9 Å². The lowest BCUT2D eigenvalue weighted by Crippen LogP contribution is -2.49. The van der Waals surface area contributed by atoms with Gasteiger partial charge in [0.1, 0.15) is 5.69 Å². The van der Waals surface area contributed by atoms with Gasteiger partial charge in [-0.25, -0.2) is 0 Å². The number of nitro groups is 1. The van der Waals surface area contributed by atoms with Gasteiger partial charge < -0.3 is 9.80 Å². The summed E-state index contributed by atoms with van der Waals surface area (Å²) >= 11 is 5.86. The lowest BCUT2D eigenvalue weighted by Gasteiger charge is -2.35. The van der Waals surface area contributed by atoms with Crippen LogP contribution in [0.15, 0.2) is 42.5 Å². The van der Waals surface area contributed by atoms with E-state index in [4.69, 9.17) is 16.9 Å². The Labute approximate surface area is 155 Å². The molecule has 0 aliphatic carbocycles. The Kier molecular flexibility index (Phi) is 5.05. The number of nitro benzene ring substituents is 1. The molecule has 0 bridgehead atoms. The molecule has 0 N–H and O–H groups in total. The van der Waals surface area contributed by atoms with Crippen molar-refractivity contribution in [1.29, 1.82) is 5.26 Å². The summed E-state index contributed by atoms with van der Waals surface area (Å²) in [4.78, 5) is 27.0. The quantitative estimate of drug-likeness (QED) is 0.611. The summed E-state index contributed by atoms with van der Waals surface area (Å²) in [6.45, 7) is 1.84. The summed E-state index contributed by atoms with van der Waals surface area (Å²) in [7, 11) is 0. The Bertz CT molecular complexity index is 902. The van der Waals surface area contributed by atoms with Crippen LogP contribution < -0.4 is 4.90 Å². The summed E-state index contributed by atoms with van der Waals surface area (Å²) in [5.74, 6) is -0.146. The van der Waals surface area contributed by atoms with Gasteiger partial charge in [-0.2, -0.15) is 5.26 Å². The summed E-state index contributed by atoms with van der Waals surface area (Å²) in [5.41, 5.74) is 1.36. The minimum atomic E-state index is -0.452. The number of hydrogen-bond donors (Lipinski definition) is 0. The molecule has 8 heteroatoms. The van der Waals surface area contributed by atoms with Crippen LogP contribution in [-0.4, -0.2) is 41.9 Å². The Morgan fingerprint density at radius 2 is 1.88 bits per heavy atom. The molecule has 1 fully saturated rings. The fourth-order valence-corrected chi connectivity index (χ4v) is 3.13. The molecule has 7 nitrogen and oxygen atoms in total. The molecule has 1 aliphatic heterocycles. The van der Waals surface area contributed by atoms with Crippen molar-refractivity contribution < 1.29 is 9.72 Å². The van der Waals surface area contributed by atoms with E-state index in [9.17, 15) is 14.9 Å². The number of nitriles is 1. The van der Waals surface area contributed by atoms with Crippen molar-refractivity contribution in [3.63, 3.8) is 0 Å². The van der Waals surface area contributed by atoms with Crippen LogP contribution in [0.4, 0.5) is 11.4 Å². The van der Waals surface area contributed by atoms with E-state index < -0.39 is 4.92 Å². The molecule has 1 saturated heterocycles. The molecule has 0 saturated carbocycles. The molecule has 0 unspecified atom stereocenters. The van der Waals surface area contributed by atoms with Gasteiger partial charge >= 0.3 is 0 Å². The van der Waals surface area contributed by atoms with Crippen molar-refractivity contribution in [1.82, 2.24) is 4.90 Å². The van der Waals surface area contributed by atoms with E-state index in [1.807, 2.05) is 11.0 Å². The number of amides is 1. The van der Waals surface area contributed by atoms with Crippen molar-refractivity contribution in [2.24, 2.45) is 0 Å². The van der Waals surface area contributed by atoms with E-state index >= 15 is 0 Å². The van der Waals surface area contributed by atoms with E-state index in [1.54, 1.807) is 41.3 Å². The zero-order valence-corrected chi connectivity index (χ0v) is 14.5. The summed E-state index contributed by atoms with van der Waals surface area (Å²) in [6, 6.07) is 13.2. The summed E-state index contributed by atoms with van der Waals surface area (Å²) in [5, 5.41) is 20.5. The molecular formula is C18H15ClN4O3. The van der Waals surface area contributed by atoms with Gasteiger partial charge in [0, 0.05) is 42.8 Å². The fourth-order valence-electron chi connectivity index (χ4n) is 2.97. The average Bonchev–Trinajstić information content (AvgIpc) is 2.67. The minimum absolute atomic E-state index is 0.0426. The Morgan fingerprint density at radius 1 is 1.15 bits per heavy atom. The van der Waals surface area contributed by atoms with E-state index in [2.05, 4.69) is 0 Å². The van der Waals surface area contributed by atoms with Crippen LogP contribution >= 0.6 is 11.6 Å². The highest BCUT2D eigenvalue weighted by Gasteiger charge is 2.26. The standard InChI is InChI=1S/C18H15ClN4O3/c19-15-4-5-16(17(11-15)23(25)26)21-6-8-22(9-7-21)18(24)14-3-1-2-13(10-14)12-20/h1-5,10-11H,6-9H2. The number of carbonyl (C=O) groups excluding carboxylic acids is 1. The number of nitrogens with zero attached hydrogens (tertiary/aromatic N) is 4. The molecule has 1 heterocycles. The average molecular weight is 371 g/mol. The topological polar surface area (TPSA) is 90.5 Å². The third-order valence-corrected chi connectivity index (χ3v) is 4.52. The molecule has 132 valence electrons. The summed E-state index contributed by atoms with van der Waals surface area (Å²) < 4.78 is 0. The first-order valence-electron chi connectivity index (χ1n) is 7.98. The highest BCUT2D eigenvalue weighted by molar-refractivity contribution is 6.30. The van der Waals surface area contributed by atoms with Crippen LogP contribution in [0.1, 0.15) is 15.9 Å². The van der Waals surface area contributed by atoms with Crippen LogP contribution in [0.25, 0.3) is 0 Å². The molecule has 0 radical (unpaired) electrons. The van der Waals surface area contributed by atoms with E-state index in [-0.39, 0.29) is 11.6 Å². The second-order valence-electron chi connectivity index (χ2n) is 5.86. The fraction of sp³-hybridized carbons (Fsp3) is 0.222. The molecule has 0 spiro atoms. The molecule has 2 aromatic rings. The first-order valence-corrected chi connectivity index (χ1v) is 8.35. The highest BCUT2D eigenvalue weighted by atomic mass is 35.5. The van der Waals surface area contributed by atoms with E-state index in [0.29, 0.717) is 48.0 Å². The van der Waals surface area contributed by atoms with Gasteiger partial charge in [-0.3, -0.25) is 14.9 Å². The first-order chi connectivity index (χ1) is 12.5. The van der Waals surface area contributed by atoms with Crippen LogP contribution in [0, 0.1) is 21.4 Å². The van der Waals surface area contributed by atoms with E-state index in [1.165, 1.54) is 6.07 Å². The van der Waals surface area contributed by atoms with E-state index in [0.717, 1.165) is 0 Å². The lowest BCUT2D eigenvalue weighted by atomic mass is 10.1. The molecule has 26 heavy (non-hydrogen) atoms. The SMILES string of the molecule is N#Cc1cccc(C(=O)N2CCN(c3ccc(Cl)cc3[N+](=O)[O-])CC2)c1. The highest BCUT2D eigenvalue weighted by Crippen LogP contribution is 2.31. The van der Waals surface area contributed by atoms with Crippen molar-refractivity contribution in [3.8, 4) is 6.07 Å². The normalized spacial score (nSPS) is 14.0. The summed E-state index contributed by atoms with van der Waals surface area (Å²) in [6.07, 6.45) is 0. The predicted octanol–water partition coefficient (Wildman–Crippen LogP) is 3.08. The van der Waals surface area contributed by atoms with Crippen LogP contribution in [-0.2, 0) is 0 Å². The Morgan fingerprint density at radius 3 is 2.54 bits per heavy atom.